The smallest absolute Gasteiger partial charge is 0.279 e. The fourth-order valence-corrected chi connectivity index (χ4v) is 3.19. The van der Waals surface area contributed by atoms with Gasteiger partial charge in [0.05, 0.1) is 5.57 Å². The van der Waals surface area contributed by atoms with Crippen LogP contribution in [0, 0.1) is 9.77 Å². The van der Waals surface area contributed by atoms with Gasteiger partial charge in [0, 0.05) is 12.3 Å². The zero-order chi connectivity index (χ0) is 13.7. The molecular formula is C12H7FN2O2S2. The van der Waals surface area contributed by atoms with E-state index in [1.807, 2.05) is 0 Å². The Kier molecular flexibility index (Phi) is 2.61. The molecule has 3 rings (SSSR count). The summed E-state index contributed by atoms with van der Waals surface area (Å²) in [4.78, 5) is 16.0. The maximum Gasteiger partial charge on any atom is 0.279 e. The van der Waals surface area contributed by atoms with Gasteiger partial charge < -0.3 is 5.11 Å². The molecule has 2 heterocycles. The highest BCUT2D eigenvalue weighted by Gasteiger charge is 2.25. The lowest BCUT2D eigenvalue weighted by atomic mass is 10.1. The van der Waals surface area contributed by atoms with Crippen molar-refractivity contribution in [2.24, 2.45) is 12.0 Å². The molecule has 1 aromatic carbocycles. The first-order valence-electron chi connectivity index (χ1n) is 5.31. The molecule has 1 aliphatic heterocycles. The number of carbonyl (C=O) groups excluding carboxylic acids is 1. The summed E-state index contributed by atoms with van der Waals surface area (Å²) >= 11 is 6.15. The van der Waals surface area contributed by atoms with Gasteiger partial charge in [0.2, 0.25) is 5.88 Å². The van der Waals surface area contributed by atoms with Crippen LogP contribution >= 0.6 is 23.6 Å². The van der Waals surface area contributed by atoms with Crippen LogP contribution in [0.1, 0.15) is 4.88 Å². The second-order valence-electron chi connectivity index (χ2n) is 4.01. The molecule has 1 N–H and O–H groups in total. The Morgan fingerprint density at radius 3 is 2.84 bits per heavy atom. The lowest BCUT2D eigenvalue weighted by Crippen LogP contribution is -2.26. The third-order valence-electron chi connectivity index (χ3n) is 2.89. The van der Waals surface area contributed by atoms with Crippen LogP contribution in [0.25, 0.3) is 5.57 Å². The first-order chi connectivity index (χ1) is 9.00. The molecule has 1 aromatic heterocycles. The minimum atomic E-state index is -0.563. The standard InChI is InChI=1S/C12H7FN2O2S2/c1-15-11(17)9(19-12(15)18)7-5-3-2-4-6(13)8(5)14-10(7)16/h2-4,17H,1H3. The van der Waals surface area contributed by atoms with Crippen LogP contribution in [-0.2, 0) is 11.8 Å². The van der Waals surface area contributed by atoms with E-state index in [4.69, 9.17) is 12.2 Å². The number of benzene rings is 1. The van der Waals surface area contributed by atoms with Gasteiger partial charge in [-0.2, -0.15) is 0 Å². The molecule has 0 bridgehead atoms. The second kappa shape index (κ2) is 4.07. The van der Waals surface area contributed by atoms with Gasteiger partial charge in [-0.1, -0.05) is 12.1 Å². The maximum atomic E-state index is 13.6. The summed E-state index contributed by atoms with van der Waals surface area (Å²) in [5.41, 5.74) is 0.198. The van der Waals surface area contributed by atoms with Crippen LogP contribution in [0.2, 0.25) is 0 Å². The van der Waals surface area contributed by atoms with E-state index in [1.54, 1.807) is 13.1 Å². The molecule has 0 fully saturated rings. The fraction of sp³-hybridized carbons (Fsp3) is 0.0833. The van der Waals surface area contributed by atoms with E-state index in [0.29, 0.717) is 14.1 Å². The molecule has 1 amide bonds. The summed E-state index contributed by atoms with van der Waals surface area (Å²) in [6.45, 7) is 0. The van der Waals surface area contributed by atoms with Crippen molar-refractivity contribution in [1.82, 2.24) is 4.57 Å². The van der Waals surface area contributed by atoms with Crippen molar-refractivity contribution < 1.29 is 14.3 Å². The minimum absolute atomic E-state index is 0.0175. The number of hydrogen-bond donors (Lipinski definition) is 1. The second-order valence-corrected chi connectivity index (χ2v) is 5.65. The number of para-hydroxylation sites is 1. The van der Waals surface area contributed by atoms with Crippen LogP contribution in [-0.4, -0.2) is 15.6 Å². The van der Waals surface area contributed by atoms with Crippen LogP contribution in [0.5, 0.6) is 5.88 Å². The maximum absolute atomic E-state index is 13.6. The summed E-state index contributed by atoms with van der Waals surface area (Å²) in [5.74, 6) is -1.22. The van der Waals surface area contributed by atoms with E-state index in [0.717, 1.165) is 11.3 Å². The number of nitrogens with zero attached hydrogens (tertiary/aromatic N) is 2. The molecule has 19 heavy (non-hydrogen) atoms. The van der Waals surface area contributed by atoms with E-state index in [1.165, 1.54) is 16.7 Å². The molecule has 0 atom stereocenters. The Balaban J connectivity index is 2.47. The highest BCUT2D eigenvalue weighted by atomic mass is 32.1. The first kappa shape index (κ1) is 12.2. The number of halogens is 1. The van der Waals surface area contributed by atoms with Crippen molar-refractivity contribution in [2.45, 2.75) is 0 Å². The van der Waals surface area contributed by atoms with Gasteiger partial charge in [0.1, 0.15) is 16.1 Å². The summed E-state index contributed by atoms with van der Waals surface area (Å²) in [5, 5.41) is 10.4. The molecule has 0 unspecified atom stereocenters. The summed E-state index contributed by atoms with van der Waals surface area (Å²) < 4.78 is 15.4. The zero-order valence-corrected chi connectivity index (χ0v) is 11.3. The van der Waals surface area contributed by atoms with Crippen LogP contribution in [0.3, 0.4) is 0 Å². The summed E-state index contributed by atoms with van der Waals surface area (Å²) in [6.07, 6.45) is 0. The van der Waals surface area contributed by atoms with Crippen molar-refractivity contribution in [2.75, 3.05) is 0 Å². The molecular weight excluding hydrogens is 287 g/mol. The molecule has 4 nitrogen and oxygen atoms in total. The number of rotatable bonds is 1. The van der Waals surface area contributed by atoms with Gasteiger partial charge in [-0.25, -0.2) is 9.38 Å². The molecule has 0 radical (unpaired) electrons. The first-order valence-corrected chi connectivity index (χ1v) is 6.54. The normalized spacial score (nSPS) is 13.6. The quantitative estimate of drug-likeness (QED) is 0.799. The topological polar surface area (TPSA) is 54.6 Å². The van der Waals surface area contributed by atoms with E-state index in [-0.39, 0.29) is 16.8 Å². The Labute approximate surface area is 115 Å². The van der Waals surface area contributed by atoms with Crippen LogP contribution in [0.15, 0.2) is 23.2 Å². The zero-order valence-electron chi connectivity index (χ0n) is 9.68. The molecule has 2 aromatic rings. The van der Waals surface area contributed by atoms with Crippen molar-refractivity contribution in [3.63, 3.8) is 0 Å². The number of amides is 1. The average Bonchev–Trinajstić information content (AvgIpc) is 2.83. The van der Waals surface area contributed by atoms with E-state index in [2.05, 4.69) is 4.99 Å². The summed E-state index contributed by atoms with van der Waals surface area (Å²) in [6, 6.07) is 4.34. The lowest BCUT2D eigenvalue weighted by molar-refractivity contribution is -0.112. The molecule has 0 aliphatic carbocycles. The third kappa shape index (κ3) is 1.66. The van der Waals surface area contributed by atoms with Crippen molar-refractivity contribution in [3.8, 4) is 5.88 Å². The van der Waals surface area contributed by atoms with Gasteiger partial charge in [0.15, 0.2) is 3.95 Å². The van der Waals surface area contributed by atoms with Gasteiger partial charge in [-0.05, 0) is 18.3 Å². The van der Waals surface area contributed by atoms with Crippen molar-refractivity contribution in [1.29, 1.82) is 0 Å². The van der Waals surface area contributed by atoms with Crippen LogP contribution in [0.4, 0.5) is 4.39 Å². The van der Waals surface area contributed by atoms with E-state index < -0.39 is 11.7 Å². The Hall–Kier alpha value is -1.86. The average molecular weight is 294 g/mol. The van der Waals surface area contributed by atoms with Crippen molar-refractivity contribution in [3.05, 3.63) is 43.4 Å². The predicted octanol–water partition coefficient (Wildman–Crippen LogP) is 1.02. The number of thiazole rings is 1. The highest BCUT2D eigenvalue weighted by Crippen LogP contribution is 2.31. The molecule has 1 aliphatic rings. The van der Waals surface area contributed by atoms with Gasteiger partial charge in [-0.15, -0.1) is 11.3 Å². The number of aromatic hydroxyl groups is 1. The fourth-order valence-electron chi connectivity index (χ4n) is 1.93. The Bertz CT molecular complexity index is 895. The number of carbonyl (C=O) groups is 1. The molecule has 0 saturated heterocycles. The summed E-state index contributed by atoms with van der Waals surface area (Å²) in [7, 11) is 1.60. The molecule has 7 heteroatoms. The monoisotopic (exact) mass is 294 g/mol. The van der Waals surface area contributed by atoms with Crippen molar-refractivity contribution >= 4 is 35.0 Å². The number of fused-ring (bicyclic) bond motifs is 1. The largest absolute Gasteiger partial charge is 0.493 e. The molecule has 0 spiro atoms. The minimum Gasteiger partial charge on any atom is -0.493 e. The number of aromatic nitrogens is 1. The van der Waals surface area contributed by atoms with Crippen LogP contribution < -0.4 is 10.6 Å². The van der Waals surface area contributed by atoms with E-state index >= 15 is 0 Å². The van der Waals surface area contributed by atoms with E-state index in [9.17, 15) is 14.3 Å². The SMILES string of the molecule is Cn1c(O)c(C2=c3cccc(F)c3=NC2=O)sc1=S. The molecule has 96 valence electrons. The Morgan fingerprint density at radius 2 is 2.21 bits per heavy atom. The Morgan fingerprint density at radius 1 is 1.47 bits per heavy atom. The molecule has 0 saturated carbocycles. The number of hydrogen-bond acceptors (Lipinski definition) is 4. The van der Waals surface area contributed by atoms with Gasteiger partial charge in [-0.3, -0.25) is 9.36 Å². The van der Waals surface area contributed by atoms with Gasteiger partial charge >= 0.3 is 0 Å². The highest BCUT2D eigenvalue weighted by molar-refractivity contribution is 7.73. The lowest BCUT2D eigenvalue weighted by Gasteiger charge is -1.98. The van der Waals surface area contributed by atoms with Gasteiger partial charge in [0.25, 0.3) is 5.91 Å². The third-order valence-corrected chi connectivity index (χ3v) is 4.46. The predicted molar refractivity (Wildman–Crippen MR) is 70.5 cm³/mol.